The maximum Gasteiger partial charge on any atom is 0.340 e. The van der Waals surface area contributed by atoms with E-state index in [1.54, 1.807) is 24.3 Å². The van der Waals surface area contributed by atoms with E-state index in [1.165, 1.54) is 25.1 Å². The Morgan fingerprint density at radius 1 is 1.14 bits per heavy atom. The molecule has 0 fully saturated rings. The van der Waals surface area contributed by atoms with Gasteiger partial charge in [0.05, 0.1) is 27.7 Å². The van der Waals surface area contributed by atoms with Crippen molar-refractivity contribution >= 4 is 50.7 Å². The molecule has 0 unspecified atom stereocenters. The third-order valence-corrected chi connectivity index (χ3v) is 5.93. The fraction of sp³-hybridized carbons (Fsp3) is 0.158. The first-order chi connectivity index (χ1) is 13.2. The zero-order valence-corrected chi connectivity index (χ0v) is 17.2. The molecule has 0 radical (unpaired) electrons. The first-order valence-corrected chi connectivity index (χ1v) is 10.2. The van der Waals surface area contributed by atoms with Crippen molar-refractivity contribution < 1.29 is 22.7 Å². The fourth-order valence-corrected chi connectivity index (χ4v) is 4.04. The third kappa shape index (κ3) is 5.13. The van der Waals surface area contributed by atoms with E-state index in [1.807, 2.05) is 0 Å². The van der Waals surface area contributed by atoms with Gasteiger partial charge in [-0.25, -0.2) is 13.2 Å². The Balaban J connectivity index is 2.46. The molecule has 2 rings (SSSR count). The number of halogens is 2. The SMILES string of the molecule is C=CCN(c1ccc(Cl)cc1)S(=O)(=O)c1ccc(Cl)c(C(=O)OCC(C)=O)c1. The number of sulfonamides is 1. The van der Waals surface area contributed by atoms with Crippen molar-refractivity contribution in [2.75, 3.05) is 17.5 Å². The van der Waals surface area contributed by atoms with Gasteiger partial charge in [0, 0.05) is 5.02 Å². The average Bonchev–Trinajstić information content (AvgIpc) is 2.65. The summed E-state index contributed by atoms with van der Waals surface area (Å²) in [5.41, 5.74) is 0.221. The van der Waals surface area contributed by atoms with Crippen LogP contribution in [0, 0.1) is 0 Å². The smallest absolute Gasteiger partial charge is 0.340 e. The first kappa shape index (κ1) is 21.9. The van der Waals surface area contributed by atoms with Gasteiger partial charge in [0.15, 0.2) is 5.78 Å². The topological polar surface area (TPSA) is 80.8 Å². The van der Waals surface area contributed by atoms with Gasteiger partial charge in [-0.05, 0) is 49.4 Å². The van der Waals surface area contributed by atoms with Crippen LogP contribution in [0.5, 0.6) is 0 Å². The second-order valence-corrected chi connectivity index (χ2v) is 8.43. The summed E-state index contributed by atoms with van der Waals surface area (Å²) < 4.78 is 32.3. The first-order valence-electron chi connectivity index (χ1n) is 8.02. The van der Waals surface area contributed by atoms with E-state index in [0.29, 0.717) is 10.7 Å². The number of hydrogen-bond donors (Lipinski definition) is 0. The summed E-state index contributed by atoms with van der Waals surface area (Å²) in [5.74, 6) is -1.24. The molecule has 6 nitrogen and oxygen atoms in total. The van der Waals surface area contributed by atoms with Crippen LogP contribution in [-0.2, 0) is 19.6 Å². The summed E-state index contributed by atoms with van der Waals surface area (Å²) in [6, 6.07) is 9.93. The maximum absolute atomic E-state index is 13.2. The Hall–Kier alpha value is -2.35. The highest BCUT2D eigenvalue weighted by Crippen LogP contribution is 2.28. The molecule has 0 bridgehead atoms. The monoisotopic (exact) mass is 441 g/mol. The number of benzene rings is 2. The van der Waals surface area contributed by atoms with Crippen LogP contribution in [0.1, 0.15) is 17.3 Å². The lowest BCUT2D eigenvalue weighted by Gasteiger charge is -2.23. The van der Waals surface area contributed by atoms with Crippen LogP contribution in [0.25, 0.3) is 0 Å². The molecule has 148 valence electrons. The van der Waals surface area contributed by atoms with Gasteiger partial charge in [0.2, 0.25) is 0 Å². The zero-order chi connectivity index (χ0) is 20.9. The molecule has 0 atom stereocenters. The molecule has 0 aliphatic rings. The Morgan fingerprint density at radius 2 is 1.79 bits per heavy atom. The lowest BCUT2D eigenvalue weighted by atomic mass is 10.2. The lowest BCUT2D eigenvalue weighted by Crippen LogP contribution is -2.31. The molecule has 0 saturated carbocycles. The van der Waals surface area contributed by atoms with Crippen LogP contribution in [0.3, 0.4) is 0 Å². The Labute approximate surface area is 173 Å². The highest BCUT2D eigenvalue weighted by molar-refractivity contribution is 7.92. The second kappa shape index (κ2) is 9.23. The Kier molecular flexibility index (Phi) is 7.23. The van der Waals surface area contributed by atoms with Crippen LogP contribution in [-0.4, -0.2) is 33.3 Å². The van der Waals surface area contributed by atoms with Crippen molar-refractivity contribution in [1.82, 2.24) is 0 Å². The molecular formula is C19H17Cl2NO5S. The molecule has 0 amide bonds. The van der Waals surface area contributed by atoms with E-state index in [9.17, 15) is 18.0 Å². The number of rotatable bonds is 8. The molecule has 0 heterocycles. The number of carbonyl (C=O) groups excluding carboxylic acids is 2. The van der Waals surface area contributed by atoms with Gasteiger partial charge in [-0.2, -0.15) is 0 Å². The zero-order valence-electron chi connectivity index (χ0n) is 14.9. The van der Waals surface area contributed by atoms with E-state index in [2.05, 4.69) is 6.58 Å². The van der Waals surface area contributed by atoms with Crippen LogP contribution >= 0.6 is 23.2 Å². The molecule has 2 aromatic carbocycles. The number of ether oxygens (including phenoxy) is 1. The van der Waals surface area contributed by atoms with Crippen LogP contribution in [0.15, 0.2) is 60.0 Å². The van der Waals surface area contributed by atoms with E-state index in [0.717, 1.165) is 10.4 Å². The quantitative estimate of drug-likeness (QED) is 0.454. The number of ketones is 1. The lowest BCUT2D eigenvalue weighted by molar-refractivity contribution is -0.120. The van der Waals surface area contributed by atoms with E-state index in [4.69, 9.17) is 27.9 Å². The highest BCUT2D eigenvalue weighted by Gasteiger charge is 2.26. The van der Waals surface area contributed by atoms with Crippen molar-refractivity contribution in [3.8, 4) is 0 Å². The van der Waals surface area contributed by atoms with Gasteiger partial charge in [0.1, 0.15) is 6.61 Å². The molecule has 0 aromatic heterocycles. The molecular weight excluding hydrogens is 425 g/mol. The molecule has 0 spiro atoms. The minimum Gasteiger partial charge on any atom is -0.454 e. The molecule has 0 aliphatic heterocycles. The number of esters is 1. The number of anilines is 1. The predicted molar refractivity (Wildman–Crippen MR) is 109 cm³/mol. The molecule has 9 heteroatoms. The van der Waals surface area contributed by atoms with Gasteiger partial charge in [0.25, 0.3) is 10.0 Å². The van der Waals surface area contributed by atoms with Gasteiger partial charge < -0.3 is 4.74 Å². The van der Waals surface area contributed by atoms with Crippen molar-refractivity contribution in [2.45, 2.75) is 11.8 Å². The average molecular weight is 442 g/mol. The molecule has 2 aromatic rings. The summed E-state index contributed by atoms with van der Waals surface area (Å²) in [6.07, 6.45) is 1.43. The standard InChI is InChI=1S/C19H17Cl2NO5S/c1-3-10-22(15-6-4-14(20)5-7-15)28(25,26)16-8-9-18(21)17(11-16)19(24)27-12-13(2)23/h3-9,11H,1,10,12H2,2H3. The van der Waals surface area contributed by atoms with Gasteiger partial charge in [-0.15, -0.1) is 6.58 Å². The van der Waals surface area contributed by atoms with Gasteiger partial charge in [-0.3, -0.25) is 9.10 Å². The minimum absolute atomic E-state index is 0.00327. The Bertz CT molecular complexity index is 1000. The number of carbonyl (C=O) groups is 2. The van der Waals surface area contributed by atoms with Crippen molar-refractivity contribution in [3.63, 3.8) is 0 Å². The van der Waals surface area contributed by atoms with Crippen LogP contribution in [0.4, 0.5) is 5.69 Å². The Morgan fingerprint density at radius 3 is 2.36 bits per heavy atom. The fourth-order valence-electron chi connectivity index (χ4n) is 2.26. The molecule has 0 aliphatic carbocycles. The summed E-state index contributed by atoms with van der Waals surface area (Å²) in [4.78, 5) is 23.0. The summed E-state index contributed by atoms with van der Waals surface area (Å²) in [5, 5.41) is 0.468. The molecule has 0 saturated heterocycles. The molecule has 0 N–H and O–H groups in total. The number of nitrogens with zero attached hydrogens (tertiary/aromatic N) is 1. The third-order valence-electron chi connectivity index (χ3n) is 3.56. The van der Waals surface area contributed by atoms with Gasteiger partial charge in [-0.1, -0.05) is 29.3 Å². The van der Waals surface area contributed by atoms with Crippen molar-refractivity contribution in [1.29, 1.82) is 0 Å². The van der Waals surface area contributed by atoms with Crippen LogP contribution < -0.4 is 4.31 Å². The van der Waals surface area contributed by atoms with E-state index in [-0.39, 0.29) is 27.8 Å². The predicted octanol–water partition coefficient (Wildman–Crippen LogP) is 4.12. The highest BCUT2D eigenvalue weighted by atomic mass is 35.5. The van der Waals surface area contributed by atoms with Crippen molar-refractivity contribution in [3.05, 3.63) is 70.7 Å². The maximum atomic E-state index is 13.2. The van der Waals surface area contributed by atoms with Crippen LogP contribution in [0.2, 0.25) is 10.0 Å². The summed E-state index contributed by atoms with van der Waals surface area (Å²) in [6.45, 7) is 4.42. The van der Waals surface area contributed by atoms with E-state index >= 15 is 0 Å². The summed E-state index contributed by atoms with van der Waals surface area (Å²) in [7, 11) is -4.05. The van der Waals surface area contributed by atoms with E-state index < -0.39 is 22.6 Å². The number of hydrogen-bond acceptors (Lipinski definition) is 5. The van der Waals surface area contributed by atoms with Crippen molar-refractivity contribution in [2.24, 2.45) is 0 Å². The number of Topliss-reactive ketones (excluding diaryl/α,β-unsaturated/α-hetero) is 1. The van der Waals surface area contributed by atoms with Gasteiger partial charge >= 0.3 is 5.97 Å². The largest absolute Gasteiger partial charge is 0.454 e. The normalized spacial score (nSPS) is 11.0. The minimum atomic E-state index is -4.05. The second-order valence-electron chi connectivity index (χ2n) is 5.72. The molecule has 28 heavy (non-hydrogen) atoms. The summed E-state index contributed by atoms with van der Waals surface area (Å²) >= 11 is 11.9.